The maximum absolute atomic E-state index is 12.5. The van der Waals surface area contributed by atoms with Gasteiger partial charge >= 0.3 is 5.97 Å². The van der Waals surface area contributed by atoms with Crippen molar-refractivity contribution in [2.24, 2.45) is 17.3 Å². The molecule has 0 radical (unpaired) electrons. The van der Waals surface area contributed by atoms with Crippen LogP contribution in [0.4, 0.5) is 0 Å². The molecule has 6 rings (SSSR count). The monoisotopic (exact) mass is 324 g/mol. The highest BCUT2D eigenvalue weighted by Gasteiger charge is 2.56. The number of hydrogen-bond donors (Lipinski definition) is 2. The van der Waals surface area contributed by atoms with Crippen molar-refractivity contribution in [3.8, 4) is 0 Å². The number of nitrogens with one attached hydrogen (secondary N) is 1. The van der Waals surface area contributed by atoms with Crippen molar-refractivity contribution < 1.29 is 14.7 Å². The van der Waals surface area contributed by atoms with Crippen LogP contribution in [0.25, 0.3) is 0 Å². The fourth-order valence-electron chi connectivity index (χ4n) is 5.18. The highest BCUT2D eigenvalue weighted by molar-refractivity contribution is 6.03. The first-order chi connectivity index (χ1) is 11.6. The van der Waals surface area contributed by atoms with Crippen LogP contribution >= 0.6 is 0 Å². The predicted octanol–water partition coefficient (Wildman–Crippen LogP) is 1.96. The molecule has 2 N–H and O–H groups in total. The fraction of sp³-hybridized carbons (Fsp3) is 0.474. The summed E-state index contributed by atoms with van der Waals surface area (Å²) in [5, 5.41) is 13.6. The number of hydrogen-bond acceptors (Lipinski definition) is 4. The minimum absolute atomic E-state index is 0.0681. The molecule has 0 aromatic carbocycles. The molecule has 5 aliphatic heterocycles. The van der Waals surface area contributed by atoms with Gasteiger partial charge in [-0.15, -0.1) is 0 Å². The number of nitrogens with zero attached hydrogens (tertiary/aromatic N) is 1. The van der Waals surface area contributed by atoms with Crippen molar-refractivity contribution in [1.29, 1.82) is 0 Å². The van der Waals surface area contributed by atoms with E-state index in [1.807, 2.05) is 35.4 Å². The molecule has 6 aliphatic rings. The maximum atomic E-state index is 12.5. The van der Waals surface area contributed by atoms with Gasteiger partial charge in [-0.25, -0.2) is 0 Å². The van der Waals surface area contributed by atoms with Crippen molar-refractivity contribution in [3.63, 3.8) is 0 Å². The third-order valence-electron chi connectivity index (χ3n) is 6.42. The zero-order valence-electron chi connectivity index (χ0n) is 13.4. The van der Waals surface area contributed by atoms with Crippen LogP contribution in [-0.4, -0.2) is 34.3 Å². The second-order valence-electron chi connectivity index (χ2n) is 7.48. The summed E-state index contributed by atoms with van der Waals surface area (Å²) in [6.07, 6.45) is 13.8. The van der Waals surface area contributed by atoms with E-state index in [4.69, 9.17) is 0 Å². The number of allylic oxidation sites excluding steroid dienone is 5. The lowest BCUT2D eigenvalue weighted by molar-refractivity contribution is -0.148. The van der Waals surface area contributed by atoms with Crippen LogP contribution in [0.15, 0.2) is 47.5 Å². The number of rotatable bonds is 2. The third kappa shape index (κ3) is 1.63. The lowest BCUT2D eigenvalue weighted by Crippen LogP contribution is -2.45. The van der Waals surface area contributed by atoms with Crippen molar-refractivity contribution in [3.05, 3.63) is 47.5 Å². The lowest BCUT2D eigenvalue weighted by Gasteiger charge is -2.42. The van der Waals surface area contributed by atoms with E-state index in [1.54, 1.807) is 0 Å². The van der Waals surface area contributed by atoms with Gasteiger partial charge in [-0.1, -0.05) is 18.9 Å². The number of carboxylic acids is 1. The van der Waals surface area contributed by atoms with E-state index < -0.39 is 11.4 Å². The second kappa shape index (κ2) is 4.70. The van der Waals surface area contributed by atoms with Gasteiger partial charge in [0.25, 0.3) is 0 Å². The van der Waals surface area contributed by atoms with Crippen LogP contribution < -0.4 is 5.32 Å². The highest BCUT2D eigenvalue weighted by atomic mass is 16.4. The van der Waals surface area contributed by atoms with Crippen LogP contribution in [0.3, 0.4) is 0 Å². The SMILES string of the molecule is O=C1C2=CC(C3(C(=O)O)CNC4CCCCC43)=CC3=C[C@@H]1C=CN32. The molecule has 0 aromatic heterocycles. The van der Waals surface area contributed by atoms with E-state index in [9.17, 15) is 14.7 Å². The minimum Gasteiger partial charge on any atom is -0.481 e. The van der Waals surface area contributed by atoms with Gasteiger partial charge in [0.05, 0.1) is 11.6 Å². The summed E-state index contributed by atoms with van der Waals surface area (Å²) in [7, 11) is 0. The van der Waals surface area contributed by atoms with Crippen LogP contribution in [0, 0.1) is 17.3 Å². The molecule has 5 heterocycles. The van der Waals surface area contributed by atoms with Gasteiger partial charge in [-0.05, 0) is 42.6 Å². The summed E-state index contributed by atoms with van der Waals surface area (Å²) < 4.78 is 0. The van der Waals surface area contributed by atoms with Gasteiger partial charge in [-0.3, -0.25) is 9.59 Å². The van der Waals surface area contributed by atoms with Gasteiger partial charge in [0, 0.05) is 24.5 Å². The summed E-state index contributed by atoms with van der Waals surface area (Å²) >= 11 is 0. The number of Topliss-reactive ketones (excluding diaryl/α,β-unsaturated/α-hetero) is 1. The first-order valence-corrected chi connectivity index (χ1v) is 8.75. The average Bonchev–Trinajstić information content (AvgIpc) is 2.99. The van der Waals surface area contributed by atoms with Crippen molar-refractivity contribution in [1.82, 2.24) is 10.2 Å². The normalized spacial score (nSPS) is 39.3. The van der Waals surface area contributed by atoms with Crippen molar-refractivity contribution >= 4 is 11.8 Å². The molecule has 1 aliphatic carbocycles. The molecule has 0 spiro atoms. The van der Waals surface area contributed by atoms with Gasteiger partial charge in [0.15, 0.2) is 5.78 Å². The molecular formula is C19H20N2O3. The van der Waals surface area contributed by atoms with Crippen LogP contribution in [0.2, 0.25) is 0 Å². The summed E-state index contributed by atoms with van der Waals surface area (Å²) in [6.45, 7) is 0.452. The molecule has 5 nitrogen and oxygen atoms in total. The average molecular weight is 324 g/mol. The van der Waals surface area contributed by atoms with E-state index in [1.165, 1.54) is 0 Å². The standard InChI is InChI=1S/C19H20N2O3/c22-17-11-5-6-21-13(7-11)8-12(9-16(17)21)19(18(23)24)10-20-15-4-2-1-3-14(15)19/h5-9,11,14-15,20H,1-4,10H2,(H,23,24)/t11-,14?,15?,19?/m0/s1. The Kier molecular flexibility index (Phi) is 2.78. The van der Waals surface area contributed by atoms with Crippen molar-refractivity contribution in [2.45, 2.75) is 31.7 Å². The number of ketones is 1. The smallest absolute Gasteiger partial charge is 0.315 e. The lowest BCUT2D eigenvalue weighted by atomic mass is 9.64. The van der Waals surface area contributed by atoms with E-state index in [-0.39, 0.29) is 23.7 Å². The Bertz CT molecular complexity index is 775. The van der Waals surface area contributed by atoms with Crippen molar-refractivity contribution in [2.75, 3.05) is 6.54 Å². The molecule has 24 heavy (non-hydrogen) atoms. The largest absolute Gasteiger partial charge is 0.481 e. The first-order valence-electron chi connectivity index (χ1n) is 8.75. The van der Waals surface area contributed by atoms with Gasteiger partial charge in [0.1, 0.15) is 5.41 Å². The fourth-order valence-corrected chi connectivity index (χ4v) is 5.18. The van der Waals surface area contributed by atoms with E-state index in [0.29, 0.717) is 12.2 Å². The maximum Gasteiger partial charge on any atom is 0.315 e. The van der Waals surface area contributed by atoms with Gasteiger partial charge in [-0.2, -0.15) is 0 Å². The second-order valence-corrected chi connectivity index (χ2v) is 7.48. The minimum atomic E-state index is -0.919. The molecule has 124 valence electrons. The molecule has 4 bridgehead atoms. The van der Waals surface area contributed by atoms with E-state index >= 15 is 0 Å². The predicted molar refractivity (Wildman–Crippen MR) is 87.5 cm³/mol. The summed E-state index contributed by atoms with van der Waals surface area (Å²) in [5.74, 6) is -0.794. The number of fused-ring (bicyclic) bond motifs is 1. The zero-order valence-corrected chi connectivity index (χ0v) is 13.4. The molecule has 1 saturated carbocycles. The van der Waals surface area contributed by atoms with E-state index in [2.05, 4.69) is 5.32 Å². The number of carbonyl (C=O) groups is 2. The Labute approximate surface area is 140 Å². The summed E-state index contributed by atoms with van der Waals surface area (Å²) in [4.78, 5) is 26.8. The molecule has 4 atom stereocenters. The highest BCUT2D eigenvalue weighted by Crippen LogP contribution is 2.51. The molecule has 3 unspecified atom stereocenters. The molecule has 5 heteroatoms. The van der Waals surface area contributed by atoms with Crippen LogP contribution in [0.5, 0.6) is 0 Å². The molecule has 1 saturated heterocycles. The molecule has 2 fully saturated rings. The Morgan fingerprint density at radius 2 is 2.12 bits per heavy atom. The molecule has 0 amide bonds. The quantitative estimate of drug-likeness (QED) is 0.812. The molecule has 0 aromatic rings. The topological polar surface area (TPSA) is 69.6 Å². The Balaban J connectivity index is 1.64. The Morgan fingerprint density at radius 1 is 1.29 bits per heavy atom. The summed E-state index contributed by atoms with van der Waals surface area (Å²) in [5.41, 5.74) is 1.43. The number of aliphatic carboxylic acids is 1. The van der Waals surface area contributed by atoms with Crippen LogP contribution in [-0.2, 0) is 9.59 Å². The number of carboxylic acid groups (broad SMARTS) is 1. The van der Waals surface area contributed by atoms with Gasteiger partial charge in [0.2, 0.25) is 0 Å². The first kappa shape index (κ1) is 14.2. The van der Waals surface area contributed by atoms with Gasteiger partial charge < -0.3 is 15.3 Å². The molecular weight excluding hydrogens is 304 g/mol. The Morgan fingerprint density at radius 3 is 2.96 bits per heavy atom. The third-order valence-corrected chi connectivity index (χ3v) is 6.42. The summed E-state index contributed by atoms with van der Waals surface area (Å²) in [6, 6.07) is 0.275. The number of carbonyl (C=O) groups excluding carboxylic acids is 1. The van der Waals surface area contributed by atoms with Crippen LogP contribution in [0.1, 0.15) is 25.7 Å². The van der Waals surface area contributed by atoms with E-state index in [0.717, 1.165) is 37.0 Å². The zero-order chi connectivity index (χ0) is 16.5. The Hall–Kier alpha value is -2.14.